The summed E-state index contributed by atoms with van der Waals surface area (Å²) in [6.07, 6.45) is 1.19. The van der Waals surface area contributed by atoms with Crippen LogP contribution in [0.15, 0.2) is 10.9 Å². The highest BCUT2D eigenvalue weighted by atomic mass is 16.5. The maximum Gasteiger partial charge on any atom is 0.354 e. The second-order valence-electron chi connectivity index (χ2n) is 3.18. The van der Waals surface area contributed by atoms with Crippen LogP contribution in [0.4, 0.5) is 0 Å². The minimum Gasteiger partial charge on any atom is -0.477 e. The van der Waals surface area contributed by atoms with Crippen molar-refractivity contribution in [1.29, 1.82) is 0 Å². The van der Waals surface area contributed by atoms with E-state index in [1.807, 2.05) is 6.92 Å². The summed E-state index contributed by atoms with van der Waals surface area (Å²) < 4.78 is 5.13. The van der Waals surface area contributed by atoms with Gasteiger partial charge in [-0.15, -0.1) is 0 Å². The first-order valence-corrected chi connectivity index (χ1v) is 5.04. The van der Waals surface area contributed by atoms with Gasteiger partial charge >= 0.3 is 5.97 Å². The third-order valence-electron chi connectivity index (χ3n) is 1.92. The Kier molecular flexibility index (Phi) is 4.65. The van der Waals surface area contributed by atoms with Crippen LogP contribution in [0.2, 0.25) is 0 Å². The molecule has 16 heavy (non-hydrogen) atoms. The Morgan fingerprint density at radius 3 is 3.00 bits per heavy atom. The molecule has 0 aromatic carbocycles. The summed E-state index contributed by atoms with van der Waals surface area (Å²) >= 11 is 0. The van der Waals surface area contributed by atoms with E-state index in [2.05, 4.69) is 9.97 Å². The number of ether oxygens (including phenoxy) is 1. The SMILES string of the molecule is CCOCCCc1nc(C(=O)O)cc(=O)[nH]1. The van der Waals surface area contributed by atoms with Crippen molar-refractivity contribution in [1.82, 2.24) is 9.97 Å². The van der Waals surface area contributed by atoms with Crippen molar-refractivity contribution in [2.24, 2.45) is 0 Å². The van der Waals surface area contributed by atoms with Gasteiger partial charge in [-0.3, -0.25) is 4.79 Å². The number of aromatic carboxylic acids is 1. The van der Waals surface area contributed by atoms with Crippen LogP contribution in [-0.4, -0.2) is 34.3 Å². The van der Waals surface area contributed by atoms with Gasteiger partial charge in [0.25, 0.3) is 5.56 Å². The van der Waals surface area contributed by atoms with Crippen molar-refractivity contribution in [3.63, 3.8) is 0 Å². The fourth-order valence-electron chi connectivity index (χ4n) is 1.22. The molecule has 1 rings (SSSR count). The largest absolute Gasteiger partial charge is 0.477 e. The van der Waals surface area contributed by atoms with Crippen LogP contribution in [0.1, 0.15) is 29.7 Å². The molecule has 6 nitrogen and oxygen atoms in total. The molecule has 1 heterocycles. The molecule has 0 aliphatic rings. The molecule has 6 heteroatoms. The highest BCUT2D eigenvalue weighted by Gasteiger charge is 2.07. The van der Waals surface area contributed by atoms with Gasteiger partial charge in [-0.05, 0) is 13.3 Å². The van der Waals surface area contributed by atoms with E-state index in [0.29, 0.717) is 31.9 Å². The Balaban J connectivity index is 2.66. The fraction of sp³-hybridized carbons (Fsp3) is 0.500. The first-order valence-electron chi connectivity index (χ1n) is 5.04. The highest BCUT2D eigenvalue weighted by molar-refractivity contribution is 5.85. The summed E-state index contributed by atoms with van der Waals surface area (Å²) in [5, 5.41) is 8.70. The smallest absolute Gasteiger partial charge is 0.354 e. The topological polar surface area (TPSA) is 92.3 Å². The van der Waals surface area contributed by atoms with E-state index in [1.54, 1.807) is 0 Å². The molecule has 0 aliphatic carbocycles. The molecule has 88 valence electrons. The van der Waals surface area contributed by atoms with Crippen LogP contribution in [0, 0.1) is 0 Å². The third-order valence-corrected chi connectivity index (χ3v) is 1.92. The molecular formula is C10H14N2O4. The summed E-state index contributed by atoms with van der Waals surface area (Å²) in [5.41, 5.74) is -0.672. The lowest BCUT2D eigenvalue weighted by Crippen LogP contribution is -2.16. The molecule has 0 saturated carbocycles. The number of rotatable bonds is 6. The first-order chi connectivity index (χ1) is 7.63. The van der Waals surface area contributed by atoms with E-state index in [9.17, 15) is 9.59 Å². The van der Waals surface area contributed by atoms with Gasteiger partial charge < -0.3 is 14.8 Å². The Labute approximate surface area is 92.3 Å². The number of carboxylic acid groups (broad SMARTS) is 1. The molecule has 0 radical (unpaired) electrons. The third kappa shape index (κ3) is 3.82. The number of hydrogen-bond donors (Lipinski definition) is 2. The maximum absolute atomic E-state index is 11.1. The van der Waals surface area contributed by atoms with Crippen LogP contribution >= 0.6 is 0 Å². The average molecular weight is 226 g/mol. The average Bonchev–Trinajstić information content (AvgIpc) is 2.23. The van der Waals surface area contributed by atoms with Crippen LogP contribution in [0.3, 0.4) is 0 Å². The molecule has 2 N–H and O–H groups in total. The fourth-order valence-corrected chi connectivity index (χ4v) is 1.22. The van der Waals surface area contributed by atoms with Crippen molar-refractivity contribution in [2.75, 3.05) is 13.2 Å². The molecule has 0 aliphatic heterocycles. The predicted octanol–water partition coefficient (Wildman–Crippen LogP) is 0.437. The lowest BCUT2D eigenvalue weighted by molar-refractivity contribution is 0.0689. The van der Waals surface area contributed by atoms with E-state index in [4.69, 9.17) is 9.84 Å². The monoisotopic (exact) mass is 226 g/mol. The summed E-state index contributed by atoms with van der Waals surface area (Å²) in [4.78, 5) is 28.1. The van der Waals surface area contributed by atoms with E-state index in [1.165, 1.54) is 0 Å². The molecule has 0 fully saturated rings. The van der Waals surface area contributed by atoms with E-state index in [0.717, 1.165) is 6.07 Å². The lowest BCUT2D eigenvalue weighted by Gasteiger charge is -2.02. The van der Waals surface area contributed by atoms with Gasteiger partial charge in [0.05, 0.1) is 0 Å². The Bertz CT molecular complexity index is 414. The number of nitrogens with one attached hydrogen (secondary N) is 1. The normalized spacial score (nSPS) is 10.3. The Hall–Kier alpha value is -1.69. The molecule has 0 spiro atoms. The highest BCUT2D eigenvalue weighted by Crippen LogP contribution is 1.97. The molecule has 0 saturated heterocycles. The van der Waals surface area contributed by atoms with Gasteiger partial charge in [-0.2, -0.15) is 0 Å². The molecule has 0 amide bonds. The number of carboxylic acids is 1. The van der Waals surface area contributed by atoms with Crippen LogP contribution in [0.25, 0.3) is 0 Å². The molecule has 1 aromatic heterocycles. The summed E-state index contributed by atoms with van der Waals surface area (Å²) in [5.74, 6) is -0.818. The number of nitrogens with zero attached hydrogens (tertiary/aromatic N) is 1. The van der Waals surface area contributed by atoms with E-state index in [-0.39, 0.29) is 5.69 Å². The van der Waals surface area contributed by atoms with Gasteiger partial charge in [0, 0.05) is 25.7 Å². The van der Waals surface area contributed by atoms with Crippen LogP contribution in [-0.2, 0) is 11.2 Å². The van der Waals surface area contributed by atoms with Gasteiger partial charge in [0.2, 0.25) is 0 Å². The van der Waals surface area contributed by atoms with Crippen molar-refractivity contribution >= 4 is 5.97 Å². The maximum atomic E-state index is 11.1. The van der Waals surface area contributed by atoms with Crippen molar-refractivity contribution in [3.05, 3.63) is 27.9 Å². The number of hydrogen-bond acceptors (Lipinski definition) is 4. The Morgan fingerprint density at radius 1 is 1.62 bits per heavy atom. The second-order valence-corrected chi connectivity index (χ2v) is 3.18. The number of aryl methyl sites for hydroxylation is 1. The summed E-state index contributed by atoms with van der Waals surface area (Å²) in [7, 11) is 0. The van der Waals surface area contributed by atoms with E-state index >= 15 is 0 Å². The Morgan fingerprint density at radius 2 is 2.38 bits per heavy atom. The number of aromatic nitrogens is 2. The quantitative estimate of drug-likeness (QED) is 0.686. The zero-order chi connectivity index (χ0) is 12.0. The molecule has 0 bridgehead atoms. The molecule has 0 atom stereocenters. The van der Waals surface area contributed by atoms with Crippen molar-refractivity contribution in [2.45, 2.75) is 19.8 Å². The van der Waals surface area contributed by atoms with E-state index < -0.39 is 11.5 Å². The molecule has 0 unspecified atom stereocenters. The lowest BCUT2D eigenvalue weighted by atomic mass is 10.3. The van der Waals surface area contributed by atoms with Crippen molar-refractivity contribution < 1.29 is 14.6 Å². The van der Waals surface area contributed by atoms with Crippen LogP contribution in [0.5, 0.6) is 0 Å². The first kappa shape index (κ1) is 12.4. The summed E-state index contributed by atoms with van der Waals surface area (Å²) in [6, 6.07) is 0.967. The number of aromatic amines is 1. The minimum atomic E-state index is -1.20. The standard InChI is InChI=1S/C10H14N2O4/c1-2-16-5-3-4-8-11-7(10(14)15)6-9(13)12-8/h6H,2-5H2,1H3,(H,14,15)(H,11,12,13). The summed E-state index contributed by atoms with van der Waals surface area (Å²) in [6.45, 7) is 3.10. The number of carbonyl (C=O) groups is 1. The van der Waals surface area contributed by atoms with Gasteiger partial charge in [-0.1, -0.05) is 0 Å². The van der Waals surface area contributed by atoms with Gasteiger partial charge in [-0.25, -0.2) is 9.78 Å². The zero-order valence-electron chi connectivity index (χ0n) is 9.02. The van der Waals surface area contributed by atoms with Crippen LogP contribution < -0.4 is 5.56 Å². The second kappa shape index (κ2) is 6.02. The van der Waals surface area contributed by atoms with Gasteiger partial charge in [0.15, 0.2) is 5.69 Å². The molecule has 1 aromatic rings. The van der Waals surface area contributed by atoms with Crippen molar-refractivity contribution in [3.8, 4) is 0 Å². The van der Waals surface area contributed by atoms with Gasteiger partial charge in [0.1, 0.15) is 5.82 Å². The minimum absolute atomic E-state index is 0.227. The number of H-pyrrole nitrogens is 1. The predicted molar refractivity (Wildman–Crippen MR) is 56.6 cm³/mol. The zero-order valence-corrected chi connectivity index (χ0v) is 9.02. The molecular weight excluding hydrogens is 212 g/mol.